The van der Waals surface area contributed by atoms with Crippen LogP contribution in [0.5, 0.6) is 0 Å². The molecule has 1 atom stereocenters. The first-order chi connectivity index (χ1) is 19.1. The normalized spacial score (nSPS) is 14.2. The maximum atomic E-state index is 13.7. The summed E-state index contributed by atoms with van der Waals surface area (Å²) in [5, 5.41) is 20.3. The van der Waals surface area contributed by atoms with Gasteiger partial charge in [-0.3, -0.25) is 14.3 Å². The molecular formula is C29H33N7O3S. The molecule has 0 saturated carbocycles. The van der Waals surface area contributed by atoms with Crippen LogP contribution in [0.15, 0.2) is 48.8 Å². The highest BCUT2D eigenvalue weighted by atomic mass is 32.1. The molecule has 0 unspecified atom stereocenters. The fourth-order valence-electron chi connectivity index (χ4n) is 4.85. The number of fused-ring (bicyclic) bond motifs is 1. The predicted octanol–water partition coefficient (Wildman–Crippen LogP) is 3.93. The lowest BCUT2D eigenvalue weighted by Crippen LogP contribution is -2.59. The molecule has 4 heterocycles. The lowest BCUT2D eigenvalue weighted by Gasteiger charge is -2.40. The second-order valence-corrected chi connectivity index (χ2v) is 11.7. The number of nitrogens with one attached hydrogen (secondary N) is 2. The van der Waals surface area contributed by atoms with E-state index in [0.717, 1.165) is 38.0 Å². The van der Waals surface area contributed by atoms with Crippen molar-refractivity contribution in [3.05, 3.63) is 75.9 Å². The number of aliphatic hydroxyl groups excluding tert-OH is 1. The Kier molecular flexibility index (Phi) is 7.43. The number of carbonyl (C=O) groups is 2. The Labute approximate surface area is 237 Å². The Morgan fingerprint density at radius 2 is 2.02 bits per heavy atom. The number of hydrogen-bond acceptors (Lipinski definition) is 8. The van der Waals surface area contributed by atoms with Crippen molar-refractivity contribution < 1.29 is 14.7 Å². The molecule has 208 valence electrons. The molecule has 4 aromatic rings. The number of hydrogen-bond donors (Lipinski definition) is 3. The molecule has 3 N–H and O–H groups in total. The van der Waals surface area contributed by atoms with Crippen LogP contribution in [0.2, 0.25) is 0 Å². The molecule has 3 aromatic heterocycles. The number of anilines is 2. The van der Waals surface area contributed by atoms with E-state index >= 15 is 0 Å². The topological polar surface area (TPSA) is 125 Å². The van der Waals surface area contributed by atoms with Gasteiger partial charge in [-0.15, -0.1) is 11.3 Å². The molecular weight excluding hydrogens is 526 g/mol. The van der Waals surface area contributed by atoms with Crippen molar-refractivity contribution in [2.24, 2.45) is 7.05 Å². The number of nitrogens with zero attached hydrogens (tertiary/aromatic N) is 5. The van der Waals surface area contributed by atoms with Crippen LogP contribution in [0.25, 0.3) is 10.6 Å². The van der Waals surface area contributed by atoms with Crippen molar-refractivity contribution in [1.82, 2.24) is 30.0 Å². The zero-order chi connectivity index (χ0) is 28.6. The number of aromatic nitrogens is 4. The minimum Gasteiger partial charge on any atom is -0.394 e. The largest absolute Gasteiger partial charge is 0.394 e. The Hall–Kier alpha value is -4.09. The number of thiophene rings is 1. The summed E-state index contributed by atoms with van der Waals surface area (Å²) in [6.45, 7) is 7.56. The number of carbonyl (C=O) groups excluding carboxylic acids is 2. The summed E-state index contributed by atoms with van der Waals surface area (Å²) in [5.41, 5.74) is 2.96. The van der Waals surface area contributed by atoms with Crippen LogP contribution in [-0.2, 0) is 18.3 Å². The molecule has 2 amide bonds. The van der Waals surface area contributed by atoms with E-state index in [2.05, 4.69) is 20.7 Å². The lowest BCUT2D eigenvalue weighted by molar-refractivity contribution is -0.131. The summed E-state index contributed by atoms with van der Waals surface area (Å²) >= 11 is 1.54. The van der Waals surface area contributed by atoms with Gasteiger partial charge in [0, 0.05) is 37.2 Å². The van der Waals surface area contributed by atoms with E-state index in [4.69, 9.17) is 4.98 Å². The molecule has 11 heteroatoms. The van der Waals surface area contributed by atoms with Crippen molar-refractivity contribution >= 4 is 34.9 Å². The second-order valence-electron chi connectivity index (χ2n) is 10.5. The standard InChI is InChI=1S/C29H33N7O3S/c1-17-7-6-8-19(13-17)21(16-37)32-27(39)29(3,4)36-12-10-22-20(26(36)38)14-23(40-22)25-18(2)15-30-28(34-25)33-24-9-11-31-35(24)5/h6-9,11,13-15,21,37H,10,12,16H2,1-5H3,(H,32,39)(H,30,33,34)/t21-/m1/s1. The molecule has 5 rings (SSSR count). The third-order valence-electron chi connectivity index (χ3n) is 7.28. The smallest absolute Gasteiger partial charge is 0.255 e. The third-order valence-corrected chi connectivity index (χ3v) is 8.48. The van der Waals surface area contributed by atoms with Crippen molar-refractivity contribution in [3.63, 3.8) is 0 Å². The minimum absolute atomic E-state index is 0.194. The molecule has 1 aliphatic rings. The van der Waals surface area contributed by atoms with Gasteiger partial charge < -0.3 is 20.6 Å². The maximum Gasteiger partial charge on any atom is 0.255 e. The van der Waals surface area contributed by atoms with Crippen LogP contribution in [0, 0.1) is 13.8 Å². The first kappa shape index (κ1) is 27.5. The van der Waals surface area contributed by atoms with Crippen LogP contribution in [-0.4, -0.2) is 60.3 Å². The molecule has 0 radical (unpaired) electrons. The van der Waals surface area contributed by atoms with Gasteiger partial charge in [-0.1, -0.05) is 29.8 Å². The fourth-order valence-corrected chi connectivity index (χ4v) is 6.04. The fraction of sp³-hybridized carbons (Fsp3) is 0.345. The third kappa shape index (κ3) is 5.22. The van der Waals surface area contributed by atoms with Gasteiger partial charge in [0.2, 0.25) is 11.9 Å². The van der Waals surface area contributed by atoms with Gasteiger partial charge >= 0.3 is 0 Å². The summed E-state index contributed by atoms with van der Waals surface area (Å²) in [6, 6.07) is 10.8. The van der Waals surface area contributed by atoms with Crippen molar-refractivity contribution in [2.45, 2.75) is 45.7 Å². The molecule has 0 saturated heterocycles. The van der Waals surface area contributed by atoms with E-state index in [1.165, 1.54) is 0 Å². The molecule has 0 bridgehead atoms. The molecule has 1 aromatic carbocycles. The highest BCUT2D eigenvalue weighted by molar-refractivity contribution is 7.15. The first-order valence-electron chi connectivity index (χ1n) is 13.1. The highest BCUT2D eigenvalue weighted by Gasteiger charge is 2.42. The van der Waals surface area contributed by atoms with E-state index in [0.29, 0.717) is 24.5 Å². The monoisotopic (exact) mass is 559 g/mol. The average Bonchev–Trinajstić information content (AvgIpc) is 3.54. The van der Waals surface area contributed by atoms with Crippen LogP contribution < -0.4 is 10.6 Å². The van der Waals surface area contributed by atoms with E-state index in [1.54, 1.807) is 47.2 Å². The Balaban J connectivity index is 1.37. The SMILES string of the molecule is Cc1cccc([C@@H](CO)NC(=O)C(C)(C)N2CCc3sc(-c4nc(Nc5ccnn5C)ncc4C)cc3C2=O)c1. The van der Waals surface area contributed by atoms with Gasteiger partial charge in [-0.2, -0.15) is 5.10 Å². The summed E-state index contributed by atoms with van der Waals surface area (Å²) < 4.78 is 1.70. The summed E-state index contributed by atoms with van der Waals surface area (Å²) in [7, 11) is 1.83. The van der Waals surface area contributed by atoms with E-state index < -0.39 is 11.6 Å². The minimum atomic E-state index is -1.13. The van der Waals surface area contributed by atoms with Crippen LogP contribution in [0.1, 0.15) is 51.8 Å². The summed E-state index contributed by atoms with van der Waals surface area (Å²) in [6.07, 6.45) is 4.08. The molecule has 0 fully saturated rings. The number of aryl methyl sites for hydroxylation is 3. The van der Waals surface area contributed by atoms with Gasteiger partial charge in [0.05, 0.1) is 35.0 Å². The number of benzene rings is 1. The van der Waals surface area contributed by atoms with Crippen LogP contribution >= 0.6 is 11.3 Å². The summed E-state index contributed by atoms with van der Waals surface area (Å²) in [5.74, 6) is 0.684. The van der Waals surface area contributed by atoms with Crippen molar-refractivity contribution in [2.75, 3.05) is 18.5 Å². The van der Waals surface area contributed by atoms with Gasteiger partial charge in [-0.05, 0) is 44.9 Å². The Bertz CT molecular complexity index is 1580. The van der Waals surface area contributed by atoms with Crippen LogP contribution in [0.3, 0.4) is 0 Å². The van der Waals surface area contributed by atoms with E-state index in [1.807, 2.05) is 57.3 Å². The average molecular weight is 560 g/mol. The highest BCUT2D eigenvalue weighted by Crippen LogP contribution is 2.37. The summed E-state index contributed by atoms with van der Waals surface area (Å²) in [4.78, 5) is 39.8. The molecule has 40 heavy (non-hydrogen) atoms. The van der Waals surface area contributed by atoms with E-state index in [-0.39, 0.29) is 18.4 Å². The maximum absolute atomic E-state index is 13.7. The molecule has 0 aliphatic carbocycles. The van der Waals surface area contributed by atoms with Gasteiger partial charge in [0.15, 0.2) is 0 Å². The van der Waals surface area contributed by atoms with Gasteiger partial charge in [0.1, 0.15) is 11.4 Å². The quantitative estimate of drug-likeness (QED) is 0.299. The zero-order valence-electron chi connectivity index (χ0n) is 23.2. The van der Waals surface area contributed by atoms with Gasteiger partial charge in [0.25, 0.3) is 5.91 Å². The number of amides is 2. The Morgan fingerprint density at radius 3 is 2.73 bits per heavy atom. The second kappa shape index (κ2) is 10.8. The van der Waals surface area contributed by atoms with Crippen molar-refractivity contribution in [1.29, 1.82) is 0 Å². The predicted molar refractivity (Wildman–Crippen MR) is 155 cm³/mol. The molecule has 0 spiro atoms. The zero-order valence-corrected chi connectivity index (χ0v) is 24.0. The molecule has 10 nitrogen and oxygen atoms in total. The Morgan fingerprint density at radius 1 is 1.23 bits per heavy atom. The van der Waals surface area contributed by atoms with Gasteiger partial charge in [-0.25, -0.2) is 9.97 Å². The number of rotatable bonds is 8. The number of aliphatic hydroxyl groups is 1. The van der Waals surface area contributed by atoms with Crippen molar-refractivity contribution in [3.8, 4) is 10.6 Å². The van der Waals surface area contributed by atoms with Crippen LogP contribution in [0.4, 0.5) is 11.8 Å². The van der Waals surface area contributed by atoms with E-state index in [9.17, 15) is 14.7 Å². The molecule has 1 aliphatic heterocycles. The lowest BCUT2D eigenvalue weighted by atomic mass is 9.95. The first-order valence-corrected chi connectivity index (χ1v) is 13.9.